The second-order valence-electron chi connectivity index (χ2n) is 3.15. The minimum atomic E-state index is 0.549. The lowest BCUT2D eigenvalue weighted by Gasteiger charge is -2.03. The number of benzene rings is 1. The lowest BCUT2D eigenvalue weighted by molar-refractivity contribution is 0.159. The smallest absolute Gasteiger partial charge is 0.0840 e. The van der Waals surface area contributed by atoms with Crippen LogP contribution in [0.2, 0.25) is 0 Å². The van der Waals surface area contributed by atoms with Crippen LogP contribution in [0, 0.1) is 0 Å². The topological polar surface area (TPSA) is 24.8 Å². The lowest BCUT2D eigenvalue weighted by Crippen LogP contribution is -2.04. The summed E-state index contributed by atoms with van der Waals surface area (Å²) in [5.41, 5.74) is 1.19. The quantitative estimate of drug-likeness (QED) is 0.403. The summed E-state index contributed by atoms with van der Waals surface area (Å²) in [4.78, 5) is 0. The first-order valence-electron chi connectivity index (χ1n) is 4.60. The second-order valence-corrected chi connectivity index (χ2v) is 3.15. The minimum Gasteiger partial charge on any atom is -0.371 e. The fourth-order valence-corrected chi connectivity index (χ4v) is 1.00. The van der Waals surface area contributed by atoms with E-state index < -0.39 is 0 Å². The first-order chi connectivity index (χ1) is 6.79. The van der Waals surface area contributed by atoms with Gasteiger partial charge in [0.05, 0.1) is 19.4 Å². The first-order valence-corrected chi connectivity index (χ1v) is 4.60. The summed E-state index contributed by atoms with van der Waals surface area (Å²) in [7, 11) is 3.77. The standard InChI is InChI=1S/C11H16N2O/c1-13(2)12-8-9-14-10-11-6-4-3-5-7-11/h3-8H,9-10H2,1-2H3/b12-8+. The normalized spacial score (nSPS) is 10.7. The molecule has 0 radical (unpaired) electrons. The molecule has 0 amide bonds. The molecule has 0 aromatic heterocycles. The van der Waals surface area contributed by atoms with E-state index in [4.69, 9.17) is 4.74 Å². The van der Waals surface area contributed by atoms with E-state index in [0.717, 1.165) is 0 Å². The summed E-state index contributed by atoms with van der Waals surface area (Å²) in [6.45, 7) is 1.19. The zero-order valence-corrected chi connectivity index (χ0v) is 8.68. The van der Waals surface area contributed by atoms with Crippen LogP contribution < -0.4 is 0 Å². The number of hydrazone groups is 1. The molecular weight excluding hydrogens is 176 g/mol. The summed E-state index contributed by atoms with van der Waals surface area (Å²) in [5, 5.41) is 5.78. The predicted octanol–water partition coefficient (Wildman–Crippen LogP) is 1.75. The average Bonchev–Trinajstić information content (AvgIpc) is 2.18. The molecule has 76 valence electrons. The van der Waals surface area contributed by atoms with Crippen LogP contribution in [0.4, 0.5) is 0 Å². The van der Waals surface area contributed by atoms with Crippen LogP contribution in [-0.4, -0.2) is 31.9 Å². The predicted molar refractivity (Wildman–Crippen MR) is 58.3 cm³/mol. The number of ether oxygens (including phenoxy) is 1. The van der Waals surface area contributed by atoms with Gasteiger partial charge in [-0.1, -0.05) is 30.3 Å². The van der Waals surface area contributed by atoms with E-state index in [9.17, 15) is 0 Å². The summed E-state index contributed by atoms with van der Waals surface area (Å²) >= 11 is 0. The third-order valence-corrected chi connectivity index (χ3v) is 1.62. The Kier molecular flexibility index (Phi) is 4.72. The maximum Gasteiger partial charge on any atom is 0.0840 e. The Hall–Kier alpha value is -1.35. The molecule has 0 heterocycles. The molecule has 14 heavy (non-hydrogen) atoms. The van der Waals surface area contributed by atoms with E-state index in [1.807, 2.05) is 44.4 Å². The highest BCUT2D eigenvalue weighted by Crippen LogP contribution is 1.99. The minimum absolute atomic E-state index is 0.549. The van der Waals surface area contributed by atoms with Crippen LogP contribution in [0.5, 0.6) is 0 Å². The van der Waals surface area contributed by atoms with Crippen molar-refractivity contribution in [3.8, 4) is 0 Å². The van der Waals surface area contributed by atoms with Gasteiger partial charge in [0, 0.05) is 14.1 Å². The van der Waals surface area contributed by atoms with Crippen molar-refractivity contribution in [2.45, 2.75) is 6.61 Å². The van der Waals surface area contributed by atoms with Gasteiger partial charge >= 0.3 is 0 Å². The van der Waals surface area contributed by atoms with Gasteiger partial charge in [0.1, 0.15) is 0 Å². The summed E-state index contributed by atoms with van der Waals surface area (Å²) in [6, 6.07) is 10.1. The SMILES string of the molecule is CN(C)/N=C/COCc1ccccc1. The molecule has 0 unspecified atom stereocenters. The van der Waals surface area contributed by atoms with Gasteiger partial charge in [0.15, 0.2) is 0 Å². The average molecular weight is 192 g/mol. The maximum atomic E-state index is 5.39. The molecule has 0 fully saturated rings. The Morgan fingerprint density at radius 3 is 2.64 bits per heavy atom. The molecular formula is C11H16N2O. The van der Waals surface area contributed by atoms with E-state index in [1.54, 1.807) is 11.2 Å². The highest BCUT2D eigenvalue weighted by atomic mass is 16.5. The molecule has 0 spiro atoms. The van der Waals surface area contributed by atoms with Crippen molar-refractivity contribution in [3.05, 3.63) is 35.9 Å². The largest absolute Gasteiger partial charge is 0.371 e. The Bertz CT molecular complexity index is 270. The van der Waals surface area contributed by atoms with Crippen LogP contribution in [0.25, 0.3) is 0 Å². The van der Waals surface area contributed by atoms with E-state index >= 15 is 0 Å². The summed E-state index contributed by atoms with van der Waals surface area (Å²) in [6.07, 6.45) is 1.75. The van der Waals surface area contributed by atoms with Crippen molar-refractivity contribution in [3.63, 3.8) is 0 Å². The van der Waals surface area contributed by atoms with Gasteiger partial charge in [-0.3, -0.25) is 0 Å². The van der Waals surface area contributed by atoms with Gasteiger partial charge in [0.25, 0.3) is 0 Å². The summed E-state index contributed by atoms with van der Waals surface area (Å²) < 4.78 is 5.39. The molecule has 0 aliphatic heterocycles. The monoisotopic (exact) mass is 192 g/mol. The number of nitrogens with zero attached hydrogens (tertiary/aromatic N) is 2. The maximum absolute atomic E-state index is 5.39. The van der Waals surface area contributed by atoms with E-state index in [0.29, 0.717) is 13.2 Å². The number of rotatable bonds is 5. The number of hydrogen-bond donors (Lipinski definition) is 0. The van der Waals surface area contributed by atoms with E-state index in [2.05, 4.69) is 5.10 Å². The molecule has 0 aliphatic rings. The fraction of sp³-hybridized carbons (Fsp3) is 0.364. The van der Waals surface area contributed by atoms with Crippen molar-refractivity contribution in [1.29, 1.82) is 0 Å². The van der Waals surface area contributed by atoms with Gasteiger partial charge in [-0.15, -0.1) is 0 Å². The molecule has 0 saturated heterocycles. The van der Waals surface area contributed by atoms with Crippen molar-refractivity contribution < 1.29 is 4.74 Å². The van der Waals surface area contributed by atoms with Crippen molar-refractivity contribution in [2.75, 3.05) is 20.7 Å². The molecule has 0 atom stereocenters. The van der Waals surface area contributed by atoms with Gasteiger partial charge in [-0.05, 0) is 5.56 Å². The molecule has 0 saturated carbocycles. The van der Waals surface area contributed by atoms with Gasteiger partial charge < -0.3 is 9.75 Å². The van der Waals surface area contributed by atoms with Crippen LogP contribution >= 0.6 is 0 Å². The van der Waals surface area contributed by atoms with Crippen LogP contribution in [0.1, 0.15) is 5.56 Å². The summed E-state index contributed by atoms with van der Waals surface area (Å²) in [5.74, 6) is 0. The Morgan fingerprint density at radius 2 is 2.00 bits per heavy atom. The zero-order chi connectivity index (χ0) is 10.2. The third-order valence-electron chi connectivity index (χ3n) is 1.62. The highest BCUT2D eigenvalue weighted by molar-refractivity contribution is 5.57. The zero-order valence-electron chi connectivity index (χ0n) is 8.68. The van der Waals surface area contributed by atoms with Crippen molar-refractivity contribution in [2.24, 2.45) is 5.10 Å². The molecule has 3 nitrogen and oxygen atoms in total. The fourth-order valence-electron chi connectivity index (χ4n) is 1.00. The highest BCUT2D eigenvalue weighted by Gasteiger charge is 1.89. The van der Waals surface area contributed by atoms with E-state index in [1.165, 1.54) is 5.56 Å². The second kappa shape index (κ2) is 6.16. The lowest BCUT2D eigenvalue weighted by atomic mass is 10.2. The van der Waals surface area contributed by atoms with Crippen LogP contribution in [-0.2, 0) is 11.3 Å². The Morgan fingerprint density at radius 1 is 1.29 bits per heavy atom. The molecule has 0 aliphatic carbocycles. The third kappa shape index (κ3) is 4.62. The molecule has 1 aromatic carbocycles. The molecule has 1 aromatic rings. The molecule has 3 heteroatoms. The van der Waals surface area contributed by atoms with Crippen molar-refractivity contribution in [1.82, 2.24) is 5.01 Å². The molecule has 1 rings (SSSR count). The number of hydrogen-bond acceptors (Lipinski definition) is 3. The molecule has 0 bridgehead atoms. The van der Waals surface area contributed by atoms with Crippen LogP contribution in [0.3, 0.4) is 0 Å². The van der Waals surface area contributed by atoms with E-state index in [-0.39, 0.29) is 0 Å². The molecule has 0 N–H and O–H groups in total. The first kappa shape index (κ1) is 10.7. The van der Waals surface area contributed by atoms with Gasteiger partial charge in [-0.25, -0.2) is 0 Å². The van der Waals surface area contributed by atoms with Gasteiger partial charge in [0.2, 0.25) is 0 Å². The Labute approximate surface area is 85.0 Å². The van der Waals surface area contributed by atoms with Gasteiger partial charge in [-0.2, -0.15) is 5.10 Å². The van der Waals surface area contributed by atoms with Crippen LogP contribution in [0.15, 0.2) is 35.4 Å². The van der Waals surface area contributed by atoms with Crippen molar-refractivity contribution >= 4 is 6.21 Å². The Balaban J connectivity index is 2.16.